The van der Waals surface area contributed by atoms with E-state index in [0.29, 0.717) is 0 Å². The van der Waals surface area contributed by atoms with Crippen LogP contribution in [0.25, 0.3) is 31.7 Å². The van der Waals surface area contributed by atoms with Crippen LogP contribution in [0.4, 0.5) is 11.4 Å². The summed E-state index contributed by atoms with van der Waals surface area (Å²) >= 11 is 1.88. The van der Waals surface area contributed by atoms with Gasteiger partial charge in [0.1, 0.15) is 0 Å². The van der Waals surface area contributed by atoms with Gasteiger partial charge in [0.05, 0.1) is 11.1 Å². The summed E-state index contributed by atoms with van der Waals surface area (Å²) in [7, 11) is 0. The molecule has 6 rings (SSSR count). The first-order valence-corrected chi connectivity index (χ1v) is 11.6. The Balaban J connectivity index is 1.62. The summed E-state index contributed by atoms with van der Waals surface area (Å²) in [6, 6.07) is 33.5. The molecule has 1 nitrogen and oxygen atoms in total. The van der Waals surface area contributed by atoms with Gasteiger partial charge in [0.25, 0.3) is 0 Å². The molecular formula is C29H24NS+. The van der Waals surface area contributed by atoms with Crippen LogP contribution < -0.4 is 9.93 Å². The number of hydrogen-bond acceptors (Lipinski definition) is 1. The van der Waals surface area contributed by atoms with E-state index in [9.17, 15) is 0 Å². The molecule has 0 spiro atoms. The van der Waals surface area contributed by atoms with Crippen LogP contribution in [-0.4, -0.2) is 0 Å². The topological polar surface area (TPSA) is 3.01 Å². The number of fused-ring (bicyclic) bond motifs is 5. The molecule has 0 saturated heterocycles. The van der Waals surface area contributed by atoms with Crippen molar-refractivity contribution >= 4 is 32.8 Å². The summed E-state index contributed by atoms with van der Waals surface area (Å²) in [6.07, 6.45) is 0. The monoisotopic (exact) mass is 418 g/mol. The van der Waals surface area contributed by atoms with Gasteiger partial charge in [-0.3, -0.25) is 0 Å². The number of benzene rings is 4. The highest BCUT2D eigenvalue weighted by atomic mass is 32.1. The molecule has 0 bridgehead atoms. The maximum absolute atomic E-state index is 2.39. The Morgan fingerprint density at radius 1 is 0.677 bits per heavy atom. The van der Waals surface area contributed by atoms with Crippen molar-refractivity contribution < 1.29 is 0 Å². The lowest BCUT2D eigenvalue weighted by molar-refractivity contribution is 0.591. The summed E-state index contributed by atoms with van der Waals surface area (Å²) in [5.41, 5.74) is 7.95. The van der Waals surface area contributed by atoms with Crippen molar-refractivity contribution in [3.05, 3.63) is 102 Å². The van der Waals surface area contributed by atoms with Crippen molar-refractivity contribution in [3.8, 4) is 21.6 Å². The van der Waals surface area contributed by atoms with Gasteiger partial charge >= 0.3 is 0 Å². The van der Waals surface area contributed by atoms with Crippen molar-refractivity contribution in [3.63, 3.8) is 0 Å². The quantitative estimate of drug-likeness (QED) is 0.175. The van der Waals surface area contributed by atoms with E-state index in [0.717, 1.165) is 0 Å². The molecule has 0 atom stereocenters. The first kappa shape index (κ1) is 18.5. The Morgan fingerprint density at radius 2 is 1.35 bits per heavy atom. The van der Waals surface area contributed by atoms with Gasteiger partial charge in [-0.15, -0.1) is 11.3 Å². The zero-order valence-electron chi connectivity index (χ0n) is 18.0. The molecule has 0 unspecified atom stereocenters. The predicted molar refractivity (Wildman–Crippen MR) is 134 cm³/mol. The van der Waals surface area contributed by atoms with Gasteiger partial charge in [0.2, 0.25) is 16.7 Å². The molecule has 3 aromatic rings. The van der Waals surface area contributed by atoms with Crippen molar-refractivity contribution in [2.24, 2.45) is 0 Å². The Labute approximate surface area is 186 Å². The minimum Gasteiger partial charge on any atom is -0.153 e. The van der Waals surface area contributed by atoms with E-state index in [1.54, 1.807) is 0 Å². The van der Waals surface area contributed by atoms with Crippen LogP contribution in [0.15, 0.2) is 91.0 Å². The van der Waals surface area contributed by atoms with E-state index in [1.165, 1.54) is 53.9 Å². The van der Waals surface area contributed by atoms with Crippen LogP contribution in [-0.2, 0) is 5.41 Å². The van der Waals surface area contributed by atoms with E-state index in [1.807, 2.05) is 11.3 Å². The molecule has 0 amide bonds. The van der Waals surface area contributed by atoms with Gasteiger partial charge in [0, 0.05) is 33.8 Å². The first-order valence-electron chi connectivity index (χ1n) is 10.8. The molecule has 3 aliphatic rings. The molecule has 0 fully saturated rings. The van der Waals surface area contributed by atoms with Crippen molar-refractivity contribution in [1.29, 1.82) is 0 Å². The summed E-state index contributed by atoms with van der Waals surface area (Å²) in [5, 5.41) is 2.54. The minimum atomic E-state index is 0.161. The molecule has 0 aromatic heterocycles. The molecule has 3 aromatic carbocycles. The third-order valence-electron chi connectivity index (χ3n) is 6.24. The second-order valence-electron chi connectivity index (χ2n) is 9.34. The molecule has 0 radical (unpaired) electrons. The summed E-state index contributed by atoms with van der Waals surface area (Å²) in [5.74, 6) is 0. The average Bonchev–Trinajstić information content (AvgIpc) is 3.11. The number of rotatable bonds is 0. The molecule has 0 N–H and O–H groups in total. The normalized spacial score (nSPS) is 12.9. The van der Waals surface area contributed by atoms with Gasteiger partial charge in [-0.05, 0) is 58.3 Å². The van der Waals surface area contributed by atoms with Crippen molar-refractivity contribution in [2.75, 3.05) is 0 Å². The lowest BCUT2D eigenvalue weighted by Crippen LogP contribution is -2.19. The van der Waals surface area contributed by atoms with E-state index in [4.69, 9.17) is 0 Å². The summed E-state index contributed by atoms with van der Waals surface area (Å²) in [6.45, 7) is 6.82. The Hall–Kier alpha value is -3.23. The summed E-state index contributed by atoms with van der Waals surface area (Å²) in [4.78, 5) is 1.32. The first-order chi connectivity index (χ1) is 15.0. The second kappa shape index (κ2) is 6.63. The number of para-hydroxylation sites is 2. The van der Waals surface area contributed by atoms with Gasteiger partial charge in [-0.25, -0.2) is 0 Å². The highest BCUT2D eigenvalue weighted by molar-refractivity contribution is 7.21. The summed E-state index contributed by atoms with van der Waals surface area (Å²) < 4.78 is 3.73. The Bertz CT molecular complexity index is 1470. The molecule has 2 aliphatic heterocycles. The smallest absolute Gasteiger partial charge is 0.153 e. The lowest BCUT2D eigenvalue weighted by Gasteiger charge is -2.19. The highest BCUT2D eigenvalue weighted by Crippen LogP contribution is 2.44. The number of hydrogen-bond donors (Lipinski definition) is 0. The van der Waals surface area contributed by atoms with Crippen molar-refractivity contribution in [2.45, 2.75) is 26.2 Å². The molecule has 150 valence electrons. The van der Waals surface area contributed by atoms with Crippen molar-refractivity contribution in [1.82, 2.24) is 4.58 Å². The molecule has 0 saturated carbocycles. The van der Waals surface area contributed by atoms with Gasteiger partial charge < -0.3 is 0 Å². The van der Waals surface area contributed by atoms with Gasteiger partial charge in [0.15, 0.2) is 0 Å². The fourth-order valence-electron chi connectivity index (χ4n) is 4.58. The Kier molecular flexibility index (Phi) is 3.97. The van der Waals surface area contributed by atoms with Crippen LogP contribution in [0.2, 0.25) is 0 Å². The SMILES string of the molecule is CC(C)(C)c1ccc2sc3cc(=[N+]4c5ccccc5-c5ccccc54)ccc-3cc2c1. The van der Waals surface area contributed by atoms with Crippen LogP contribution in [0, 0.1) is 0 Å². The third-order valence-corrected chi connectivity index (χ3v) is 7.41. The molecular weight excluding hydrogens is 394 g/mol. The minimum absolute atomic E-state index is 0.161. The van der Waals surface area contributed by atoms with E-state index < -0.39 is 0 Å². The molecule has 2 heterocycles. The largest absolute Gasteiger partial charge is 0.219 e. The zero-order valence-corrected chi connectivity index (χ0v) is 18.8. The van der Waals surface area contributed by atoms with E-state index >= 15 is 0 Å². The molecule has 31 heavy (non-hydrogen) atoms. The van der Waals surface area contributed by atoms with Crippen LogP contribution in [0.3, 0.4) is 0 Å². The third kappa shape index (κ3) is 2.94. The number of nitrogens with zero attached hydrogens (tertiary/aromatic N) is 1. The lowest BCUT2D eigenvalue weighted by atomic mass is 9.86. The fraction of sp³-hybridized carbons (Fsp3) is 0.138. The molecule has 1 aliphatic carbocycles. The van der Waals surface area contributed by atoms with E-state index in [-0.39, 0.29) is 5.41 Å². The zero-order chi connectivity index (χ0) is 21.2. The predicted octanol–water partition coefficient (Wildman–Crippen LogP) is 7.72. The average molecular weight is 419 g/mol. The standard InChI is InChI=1S/C29H24NS/c1-29(2,3)21-13-15-27-20(17-21)16-19-12-14-22(18-28(19)31-27)30-25-10-6-4-8-23(25)24-9-5-7-11-26(24)30/h4-18H,1-3H3/q+1. The maximum Gasteiger partial charge on any atom is 0.219 e. The van der Waals surface area contributed by atoms with Crippen LogP contribution in [0.1, 0.15) is 26.3 Å². The Morgan fingerprint density at radius 3 is 2.03 bits per heavy atom. The highest BCUT2D eigenvalue weighted by Gasteiger charge is 2.31. The van der Waals surface area contributed by atoms with Crippen LogP contribution >= 0.6 is 11.3 Å². The molecule has 2 heteroatoms. The van der Waals surface area contributed by atoms with E-state index in [2.05, 4.69) is 116 Å². The van der Waals surface area contributed by atoms with Crippen LogP contribution in [0.5, 0.6) is 0 Å². The van der Waals surface area contributed by atoms with Gasteiger partial charge in [-0.1, -0.05) is 51.1 Å². The maximum atomic E-state index is 2.39. The van der Waals surface area contributed by atoms with Gasteiger partial charge in [-0.2, -0.15) is 4.58 Å². The fourth-order valence-corrected chi connectivity index (χ4v) is 5.61. The second-order valence-corrected chi connectivity index (χ2v) is 10.4.